The van der Waals surface area contributed by atoms with Crippen LogP contribution in [0.3, 0.4) is 0 Å². The molecule has 1 amide bonds. The minimum atomic E-state index is -0.257. The molecule has 2 heterocycles. The number of rotatable bonds is 9. The van der Waals surface area contributed by atoms with Gasteiger partial charge in [0.2, 0.25) is 0 Å². The Morgan fingerprint density at radius 1 is 1.16 bits per heavy atom. The van der Waals surface area contributed by atoms with E-state index in [1.54, 1.807) is 30.3 Å². The smallest absolute Gasteiger partial charge is 0.273 e. The van der Waals surface area contributed by atoms with Gasteiger partial charge >= 0.3 is 0 Å². The van der Waals surface area contributed by atoms with Crippen molar-refractivity contribution in [1.29, 1.82) is 0 Å². The summed E-state index contributed by atoms with van der Waals surface area (Å²) >= 11 is 0. The predicted molar refractivity (Wildman–Crippen MR) is 124 cm³/mol. The van der Waals surface area contributed by atoms with Crippen LogP contribution in [0.5, 0.6) is 17.2 Å². The molecule has 32 heavy (non-hydrogen) atoms. The topological polar surface area (TPSA) is 89.1 Å². The summed E-state index contributed by atoms with van der Waals surface area (Å²) in [7, 11) is 0. The minimum absolute atomic E-state index is 0.257. The fraction of sp³-hybridized carbons (Fsp3) is 0.160. The van der Waals surface area contributed by atoms with Crippen LogP contribution in [0.4, 0.5) is 5.69 Å². The maximum atomic E-state index is 12.1. The number of hydrogen-bond donors (Lipinski definition) is 2. The Bertz CT molecular complexity index is 1220. The highest BCUT2D eigenvalue weighted by atomic mass is 16.5. The van der Waals surface area contributed by atoms with Gasteiger partial charge in [-0.1, -0.05) is 26.0 Å². The molecule has 0 radical (unpaired) electrons. The molecule has 4 rings (SSSR count). The molecule has 0 atom stereocenters. The van der Waals surface area contributed by atoms with Crippen molar-refractivity contribution in [1.82, 2.24) is 15.0 Å². The van der Waals surface area contributed by atoms with Crippen molar-refractivity contribution < 1.29 is 14.3 Å². The van der Waals surface area contributed by atoms with E-state index in [0.717, 1.165) is 35.2 Å². The Morgan fingerprint density at radius 3 is 2.69 bits per heavy atom. The summed E-state index contributed by atoms with van der Waals surface area (Å²) < 4.78 is 11.9. The van der Waals surface area contributed by atoms with Gasteiger partial charge in [-0.05, 0) is 48.9 Å². The van der Waals surface area contributed by atoms with Gasteiger partial charge < -0.3 is 19.8 Å². The first-order chi connectivity index (χ1) is 15.7. The lowest BCUT2D eigenvalue weighted by atomic mass is 10.1. The van der Waals surface area contributed by atoms with Crippen molar-refractivity contribution in [2.75, 3.05) is 11.9 Å². The number of carbonyl (C=O) groups excluding carboxylic acids is 1. The molecule has 0 aliphatic carbocycles. The van der Waals surface area contributed by atoms with Crippen molar-refractivity contribution in [2.45, 2.75) is 19.8 Å². The van der Waals surface area contributed by atoms with Crippen LogP contribution in [-0.4, -0.2) is 27.5 Å². The van der Waals surface area contributed by atoms with E-state index in [0.29, 0.717) is 29.5 Å². The zero-order valence-corrected chi connectivity index (χ0v) is 17.8. The summed E-state index contributed by atoms with van der Waals surface area (Å²) in [6, 6.07) is 14.9. The second kappa shape index (κ2) is 9.78. The number of H-pyrrole nitrogens is 1. The van der Waals surface area contributed by atoms with Crippen molar-refractivity contribution in [2.24, 2.45) is 0 Å². The van der Waals surface area contributed by atoms with Gasteiger partial charge in [0.15, 0.2) is 0 Å². The van der Waals surface area contributed by atoms with Gasteiger partial charge in [-0.15, -0.1) is 0 Å². The monoisotopic (exact) mass is 428 g/mol. The molecule has 0 saturated carbocycles. The van der Waals surface area contributed by atoms with Gasteiger partial charge in [-0.2, -0.15) is 0 Å². The molecule has 2 aromatic heterocycles. The number of nitrogens with zero attached hydrogens (tertiary/aromatic N) is 2. The molecule has 0 fully saturated rings. The largest absolute Gasteiger partial charge is 0.489 e. The molecule has 0 aliphatic heterocycles. The van der Waals surface area contributed by atoms with Crippen molar-refractivity contribution in [3.8, 4) is 17.2 Å². The quantitative estimate of drug-likeness (QED) is 0.343. The third-order valence-electron chi connectivity index (χ3n) is 4.75. The molecular formula is C25H24N4O3. The molecular weight excluding hydrogens is 404 g/mol. The summed E-state index contributed by atoms with van der Waals surface area (Å²) in [6.07, 6.45) is 6.56. The third-order valence-corrected chi connectivity index (χ3v) is 4.75. The number of pyridine rings is 1. The molecule has 0 saturated heterocycles. The van der Waals surface area contributed by atoms with Gasteiger partial charge in [-0.3, -0.25) is 9.78 Å². The molecule has 162 valence electrons. The zero-order chi connectivity index (χ0) is 22.3. The molecule has 4 aromatic rings. The summed E-state index contributed by atoms with van der Waals surface area (Å²) in [5, 5.41) is 3.69. The van der Waals surface area contributed by atoms with Crippen LogP contribution in [0, 0.1) is 0 Å². The normalized spacial score (nSPS) is 10.7. The first kappa shape index (κ1) is 21.1. The number of imidazole rings is 1. The van der Waals surface area contributed by atoms with Gasteiger partial charge in [0.1, 0.15) is 29.5 Å². The van der Waals surface area contributed by atoms with E-state index >= 15 is 0 Å². The lowest BCUT2D eigenvalue weighted by molar-refractivity contribution is 0.102. The average Bonchev–Trinajstić information content (AvgIpc) is 3.34. The summed E-state index contributed by atoms with van der Waals surface area (Å²) in [4.78, 5) is 23.5. The molecule has 2 aromatic carbocycles. The van der Waals surface area contributed by atoms with Crippen LogP contribution in [-0.2, 0) is 6.42 Å². The van der Waals surface area contributed by atoms with E-state index in [9.17, 15) is 4.79 Å². The Morgan fingerprint density at radius 2 is 1.97 bits per heavy atom. The lowest BCUT2D eigenvalue weighted by Gasteiger charge is -2.12. The number of aromatic amines is 1. The Balaban J connectivity index is 1.52. The van der Waals surface area contributed by atoms with Crippen molar-refractivity contribution in [3.05, 3.63) is 85.1 Å². The van der Waals surface area contributed by atoms with E-state index in [1.807, 2.05) is 24.3 Å². The molecule has 0 spiro atoms. The van der Waals surface area contributed by atoms with Crippen molar-refractivity contribution >= 4 is 22.5 Å². The SMILES string of the molecule is C=CCOc1cc(CCC)nc2ccc(Oc3ccc(NC(=O)c4cnc[nH]4)cc3)cc12. The second-order valence-electron chi connectivity index (χ2n) is 7.19. The number of amides is 1. The molecule has 7 heteroatoms. The number of carbonyl (C=O) groups is 1. The molecule has 0 unspecified atom stereocenters. The van der Waals surface area contributed by atoms with Crippen LogP contribution >= 0.6 is 0 Å². The molecule has 7 nitrogen and oxygen atoms in total. The number of aromatic nitrogens is 3. The van der Waals surface area contributed by atoms with Gasteiger partial charge in [0, 0.05) is 22.8 Å². The van der Waals surface area contributed by atoms with Gasteiger partial charge in [-0.25, -0.2) is 4.98 Å². The van der Waals surface area contributed by atoms with Crippen LogP contribution < -0.4 is 14.8 Å². The van der Waals surface area contributed by atoms with E-state index < -0.39 is 0 Å². The Hall–Kier alpha value is -4.13. The highest BCUT2D eigenvalue weighted by Crippen LogP contribution is 2.32. The van der Waals surface area contributed by atoms with Crippen LogP contribution in [0.2, 0.25) is 0 Å². The Kier molecular flexibility index (Phi) is 6.46. The maximum Gasteiger partial charge on any atom is 0.273 e. The zero-order valence-electron chi connectivity index (χ0n) is 17.8. The van der Waals surface area contributed by atoms with Gasteiger partial charge in [0.25, 0.3) is 5.91 Å². The fourth-order valence-electron chi connectivity index (χ4n) is 3.26. The van der Waals surface area contributed by atoms with E-state index in [-0.39, 0.29) is 5.91 Å². The molecule has 0 bridgehead atoms. The summed E-state index contributed by atoms with van der Waals surface area (Å²) in [6.45, 7) is 6.28. The first-order valence-electron chi connectivity index (χ1n) is 10.4. The van der Waals surface area contributed by atoms with Crippen molar-refractivity contribution in [3.63, 3.8) is 0 Å². The van der Waals surface area contributed by atoms with Gasteiger partial charge in [0.05, 0.1) is 18.0 Å². The van der Waals surface area contributed by atoms with E-state index in [1.165, 1.54) is 12.5 Å². The fourth-order valence-corrected chi connectivity index (χ4v) is 3.26. The number of hydrogen-bond acceptors (Lipinski definition) is 5. The molecule has 0 aliphatic rings. The second-order valence-corrected chi connectivity index (χ2v) is 7.19. The minimum Gasteiger partial charge on any atom is -0.489 e. The maximum absolute atomic E-state index is 12.1. The number of benzene rings is 2. The number of anilines is 1. The summed E-state index contributed by atoms with van der Waals surface area (Å²) in [5.41, 5.74) is 2.91. The predicted octanol–water partition coefficient (Wildman–Crippen LogP) is 5.52. The number of nitrogens with one attached hydrogen (secondary N) is 2. The standard InChI is InChI=1S/C25H24N4O3/c1-3-5-18-13-24(31-12-4-2)21-14-20(10-11-22(21)28-18)32-19-8-6-17(7-9-19)29-25(30)23-15-26-16-27-23/h4,6-11,13-16H,2-3,5,12H2,1H3,(H,26,27)(H,29,30). The van der Waals surface area contributed by atoms with Crippen LogP contribution in [0.15, 0.2) is 73.7 Å². The highest BCUT2D eigenvalue weighted by Gasteiger charge is 2.10. The van der Waals surface area contributed by atoms with E-state index in [2.05, 4.69) is 28.8 Å². The highest BCUT2D eigenvalue weighted by molar-refractivity contribution is 6.02. The van der Waals surface area contributed by atoms with E-state index in [4.69, 9.17) is 14.5 Å². The van der Waals surface area contributed by atoms with Crippen LogP contribution in [0.1, 0.15) is 29.5 Å². The first-order valence-corrected chi connectivity index (χ1v) is 10.4. The number of fused-ring (bicyclic) bond motifs is 1. The number of aryl methyl sites for hydroxylation is 1. The Labute approximate surface area is 186 Å². The lowest BCUT2D eigenvalue weighted by Crippen LogP contribution is -2.11. The summed E-state index contributed by atoms with van der Waals surface area (Å²) in [5.74, 6) is 1.82. The van der Waals surface area contributed by atoms with Crippen LogP contribution in [0.25, 0.3) is 10.9 Å². The number of ether oxygens (including phenoxy) is 2. The molecule has 2 N–H and O–H groups in total. The third kappa shape index (κ3) is 4.95. The average molecular weight is 428 g/mol.